The normalized spacial score (nSPS) is 12.5. The maximum atomic E-state index is 12.4. The Bertz CT molecular complexity index is 859. The molecule has 0 bridgehead atoms. The van der Waals surface area contributed by atoms with Gasteiger partial charge < -0.3 is 15.5 Å². The molecule has 2 aromatic rings. The molecule has 0 atom stereocenters. The van der Waals surface area contributed by atoms with Crippen molar-refractivity contribution in [2.24, 2.45) is 0 Å². The molecule has 1 aliphatic heterocycles. The third kappa shape index (κ3) is 3.91. The van der Waals surface area contributed by atoms with Crippen LogP contribution in [0.15, 0.2) is 42.5 Å². The van der Waals surface area contributed by atoms with E-state index in [1.807, 2.05) is 30.3 Å². The molecule has 6 nitrogen and oxygen atoms in total. The van der Waals surface area contributed by atoms with E-state index in [0.717, 1.165) is 23.2 Å². The average Bonchev–Trinajstić information content (AvgIpc) is 3.03. The molecule has 0 aliphatic carbocycles. The van der Waals surface area contributed by atoms with Gasteiger partial charge in [-0.25, -0.2) is 0 Å². The summed E-state index contributed by atoms with van der Waals surface area (Å²) < 4.78 is 0. The van der Waals surface area contributed by atoms with Crippen molar-refractivity contribution in [1.29, 1.82) is 0 Å². The number of hydrogen-bond acceptors (Lipinski definition) is 3. The van der Waals surface area contributed by atoms with E-state index in [0.29, 0.717) is 24.3 Å². The Balaban J connectivity index is 1.67. The molecule has 0 unspecified atom stereocenters. The number of fused-ring (bicyclic) bond motifs is 1. The Morgan fingerprint density at radius 1 is 1.04 bits per heavy atom. The molecule has 1 heterocycles. The second-order valence-electron chi connectivity index (χ2n) is 6.32. The van der Waals surface area contributed by atoms with E-state index in [2.05, 4.69) is 10.6 Å². The van der Waals surface area contributed by atoms with Crippen molar-refractivity contribution >= 4 is 29.1 Å². The first-order valence-electron chi connectivity index (χ1n) is 8.50. The molecule has 0 saturated heterocycles. The number of rotatable bonds is 4. The van der Waals surface area contributed by atoms with Crippen LogP contribution in [0.2, 0.25) is 0 Å². The zero-order valence-electron chi connectivity index (χ0n) is 14.8. The minimum Gasteiger partial charge on any atom is -0.352 e. The summed E-state index contributed by atoms with van der Waals surface area (Å²) in [6.45, 7) is 4.14. The van der Waals surface area contributed by atoms with Gasteiger partial charge in [-0.3, -0.25) is 14.4 Å². The minimum absolute atomic E-state index is 0.0277. The van der Waals surface area contributed by atoms with E-state index in [1.54, 1.807) is 24.0 Å². The van der Waals surface area contributed by atoms with Gasteiger partial charge in [0, 0.05) is 43.9 Å². The molecule has 2 N–H and O–H groups in total. The van der Waals surface area contributed by atoms with Gasteiger partial charge in [-0.1, -0.05) is 12.1 Å². The Morgan fingerprint density at radius 2 is 1.77 bits per heavy atom. The molecule has 6 heteroatoms. The van der Waals surface area contributed by atoms with E-state index in [-0.39, 0.29) is 17.7 Å². The van der Waals surface area contributed by atoms with Crippen LogP contribution in [0, 0.1) is 0 Å². The summed E-state index contributed by atoms with van der Waals surface area (Å²) in [6, 6.07) is 12.7. The van der Waals surface area contributed by atoms with Crippen LogP contribution in [-0.4, -0.2) is 24.3 Å². The standard InChI is InChI=1S/C20H21N3O3/c1-13(24)21-12-15-3-5-16(6-4-15)20(26)22-18-7-8-19-17(11-18)9-10-23(19)14(2)25/h3-8,11H,9-10,12H2,1-2H3,(H,21,24)(H,22,26). The number of amides is 3. The summed E-state index contributed by atoms with van der Waals surface area (Å²) >= 11 is 0. The van der Waals surface area contributed by atoms with Gasteiger partial charge in [0.2, 0.25) is 11.8 Å². The molecule has 0 fully saturated rings. The second kappa shape index (κ2) is 7.39. The lowest BCUT2D eigenvalue weighted by molar-refractivity contribution is -0.119. The van der Waals surface area contributed by atoms with Crippen LogP contribution in [0.5, 0.6) is 0 Å². The molecule has 3 amide bonds. The highest BCUT2D eigenvalue weighted by Crippen LogP contribution is 2.30. The fraction of sp³-hybridized carbons (Fsp3) is 0.250. The van der Waals surface area contributed by atoms with Crippen LogP contribution in [0.3, 0.4) is 0 Å². The van der Waals surface area contributed by atoms with Crippen LogP contribution >= 0.6 is 0 Å². The van der Waals surface area contributed by atoms with Gasteiger partial charge >= 0.3 is 0 Å². The van der Waals surface area contributed by atoms with E-state index in [9.17, 15) is 14.4 Å². The third-order valence-corrected chi connectivity index (χ3v) is 4.37. The number of nitrogens with one attached hydrogen (secondary N) is 2. The molecule has 1 aliphatic rings. The van der Waals surface area contributed by atoms with Crippen molar-refractivity contribution in [1.82, 2.24) is 5.32 Å². The number of carbonyl (C=O) groups is 3. The fourth-order valence-corrected chi connectivity index (χ4v) is 3.01. The van der Waals surface area contributed by atoms with Gasteiger partial charge in [-0.2, -0.15) is 0 Å². The summed E-state index contributed by atoms with van der Waals surface area (Å²) in [5.74, 6) is -0.260. The summed E-state index contributed by atoms with van der Waals surface area (Å²) in [5.41, 5.74) is 4.16. The first-order valence-corrected chi connectivity index (χ1v) is 8.50. The van der Waals surface area contributed by atoms with Gasteiger partial charge in [-0.05, 0) is 47.9 Å². The lowest BCUT2D eigenvalue weighted by atomic mass is 10.1. The molecule has 0 aromatic heterocycles. The summed E-state index contributed by atoms with van der Waals surface area (Å²) in [5, 5.41) is 5.61. The van der Waals surface area contributed by atoms with Gasteiger partial charge in [0.05, 0.1) is 0 Å². The van der Waals surface area contributed by atoms with Crippen LogP contribution in [0.1, 0.15) is 35.3 Å². The summed E-state index contributed by atoms with van der Waals surface area (Å²) in [4.78, 5) is 36.7. The average molecular weight is 351 g/mol. The van der Waals surface area contributed by atoms with Crippen LogP contribution in [0.4, 0.5) is 11.4 Å². The van der Waals surface area contributed by atoms with Crippen molar-refractivity contribution in [3.63, 3.8) is 0 Å². The molecule has 134 valence electrons. The number of benzene rings is 2. The molecule has 0 spiro atoms. The summed E-state index contributed by atoms with van der Waals surface area (Å²) in [6.07, 6.45) is 0.788. The largest absolute Gasteiger partial charge is 0.352 e. The number of nitrogens with zero attached hydrogens (tertiary/aromatic N) is 1. The Kier molecular flexibility index (Phi) is 5.02. The van der Waals surface area contributed by atoms with Crippen LogP contribution in [-0.2, 0) is 22.6 Å². The van der Waals surface area contributed by atoms with Gasteiger partial charge in [0.25, 0.3) is 5.91 Å². The number of anilines is 2. The molecular weight excluding hydrogens is 330 g/mol. The molecule has 3 rings (SSSR count). The van der Waals surface area contributed by atoms with Crippen molar-refractivity contribution in [3.8, 4) is 0 Å². The highest BCUT2D eigenvalue weighted by Gasteiger charge is 2.22. The van der Waals surface area contributed by atoms with Gasteiger partial charge in [-0.15, -0.1) is 0 Å². The smallest absolute Gasteiger partial charge is 0.255 e. The highest BCUT2D eigenvalue weighted by molar-refractivity contribution is 6.04. The zero-order chi connectivity index (χ0) is 18.7. The third-order valence-electron chi connectivity index (χ3n) is 4.37. The Labute approximate surface area is 152 Å². The first kappa shape index (κ1) is 17.7. The fourth-order valence-electron chi connectivity index (χ4n) is 3.01. The first-order chi connectivity index (χ1) is 12.4. The minimum atomic E-state index is -0.197. The number of carbonyl (C=O) groups excluding carboxylic acids is 3. The highest BCUT2D eigenvalue weighted by atomic mass is 16.2. The second-order valence-corrected chi connectivity index (χ2v) is 6.32. The van der Waals surface area contributed by atoms with Gasteiger partial charge in [0.1, 0.15) is 0 Å². The SMILES string of the molecule is CC(=O)NCc1ccc(C(=O)Nc2ccc3c(c2)CCN3C(C)=O)cc1. The van der Waals surface area contributed by atoms with Crippen molar-refractivity contribution < 1.29 is 14.4 Å². The monoisotopic (exact) mass is 351 g/mol. The van der Waals surface area contributed by atoms with Crippen molar-refractivity contribution in [3.05, 3.63) is 59.2 Å². The Hall–Kier alpha value is -3.15. The summed E-state index contributed by atoms with van der Waals surface area (Å²) in [7, 11) is 0. The van der Waals surface area contributed by atoms with Crippen molar-refractivity contribution in [2.45, 2.75) is 26.8 Å². The molecular formula is C20H21N3O3. The quantitative estimate of drug-likeness (QED) is 0.888. The molecule has 0 saturated carbocycles. The lowest BCUT2D eigenvalue weighted by Crippen LogP contribution is -2.25. The predicted octanol–water partition coefficient (Wildman–Crippen LogP) is 2.48. The van der Waals surface area contributed by atoms with Crippen molar-refractivity contribution in [2.75, 3.05) is 16.8 Å². The maximum Gasteiger partial charge on any atom is 0.255 e. The van der Waals surface area contributed by atoms with E-state index >= 15 is 0 Å². The molecule has 0 radical (unpaired) electrons. The van der Waals surface area contributed by atoms with Crippen LogP contribution in [0.25, 0.3) is 0 Å². The van der Waals surface area contributed by atoms with E-state index in [1.165, 1.54) is 6.92 Å². The lowest BCUT2D eigenvalue weighted by Gasteiger charge is -2.15. The zero-order valence-corrected chi connectivity index (χ0v) is 14.8. The van der Waals surface area contributed by atoms with Gasteiger partial charge in [0.15, 0.2) is 0 Å². The number of hydrogen-bond donors (Lipinski definition) is 2. The molecule has 26 heavy (non-hydrogen) atoms. The van der Waals surface area contributed by atoms with E-state index in [4.69, 9.17) is 0 Å². The Morgan fingerprint density at radius 3 is 2.42 bits per heavy atom. The van der Waals surface area contributed by atoms with E-state index < -0.39 is 0 Å². The topological polar surface area (TPSA) is 78.5 Å². The van der Waals surface area contributed by atoms with Crippen LogP contribution < -0.4 is 15.5 Å². The molecule has 2 aromatic carbocycles. The maximum absolute atomic E-state index is 12.4. The predicted molar refractivity (Wildman–Crippen MR) is 100 cm³/mol.